The van der Waals surface area contributed by atoms with Crippen molar-refractivity contribution in [3.63, 3.8) is 0 Å². The molecule has 1 unspecified atom stereocenters. The van der Waals surface area contributed by atoms with Crippen LogP contribution in [-0.4, -0.2) is 23.4 Å². The Morgan fingerprint density at radius 1 is 1.56 bits per heavy atom. The van der Waals surface area contributed by atoms with Gasteiger partial charge in [0.2, 0.25) is 0 Å². The summed E-state index contributed by atoms with van der Waals surface area (Å²) < 4.78 is 5.26. The smallest absolute Gasteiger partial charge is 0.0599 e. The van der Waals surface area contributed by atoms with Gasteiger partial charge in [-0.05, 0) is 6.42 Å². The van der Waals surface area contributed by atoms with Gasteiger partial charge < -0.3 is 4.74 Å². The molecule has 0 saturated carbocycles. The van der Waals surface area contributed by atoms with Crippen LogP contribution in [0.5, 0.6) is 0 Å². The fraction of sp³-hybridized carbons (Fsp3) is 1.00. The van der Waals surface area contributed by atoms with Crippen molar-refractivity contribution in [3.05, 3.63) is 0 Å². The molecule has 0 aromatic heterocycles. The maximum absolute atomic E-state index is 5.26. The first-order chi connectivity index (χ1) is 4.31. The lowest BCUT2D eigenvalue weighted by atomic mass is 10.5. The van der Waals surface area contributed by atoms with E-state index in [1.165, 1.54) is 0 Å². The van der Waals surface area contributed by atoms with Gasteiger partial charge in [-0.1, -0.05) is 38.8 Å². The summed E-state index contributed by atoms with van der Waals surface area (Å²) in [5, 5.41) is 0.955. The normalized spacial score (nSPS) is 13.7. The number of hydrogen-bond acceptors (Lipinski definition) is 1. The van der Waals surface area contributed by atoms with Crippen LogP contribution in [0.1, 0.15) is 13.3 Å². The zero-order chi connectivity index (χ0) is 7.11. The number of halogens is 2. The highest BCUT2D eigenvalue weighted by atomic mass is 79.9. The van der Waals surface area contributed by atoms with Crippen molar-refractivity contribution in [2.45, 2.75) is 18.2 Å². The predicted octanol–water partition coefficient (Wildman–Crippen LogP) is 2.57. The van der Waals surface area contributed by atoms with Gasteiger partial charge in [0, 0.05) is 16.8 Å². The molecule has 0 amide bonds. The third-order valence-corrected chi connectivity index (χ3v) is 3.05. The Labute approximate surface area is 73.4 Å². The van der Waals surface area contributed by atoms with Gasteiger partial charge in [0.15, 0.2) is 0 Å². The highest BCUT2D eigenvalue weighted by Gasteiger charge is 1.99. The first-order valence-electron chi connectivity index (χ1n) is 3.09. The van der Waals surface area contributed by atoms with Crippen LogP contribution in [0.2, 0.25) is 0 Å². The quantitative estimate of drug-likeness (QED) is 0.545. The van der Waals surface area contributed by atoms with Gasteiger partial charge >= 0.3 is 0 Å². The third-order valence-electron chi connectivity index (χ3n) is 0.815. The molecule has 0 aliphatic rings. The summed E-state index contributed by atoms with van der Waals surface area (Å²) in [6.07, 6.45) is 1.10. The summed E-state index contributed by atoms with van der Waals surface area (Å²) >= 11 is 6.78. The maximum Gasteiger partial charge on any atom is 0.0599 e. The van der Waals surface area contributed by atoms with Gasteiger partial charge in [-0.3, -0.25) is 0 Å². The topological polar surface area (TPSA) is 9.23 Å². The molecule has 0 N–H and O–H groups in total. The van der Waals surface area contributed by atoms with Gasteiger partial charge in [0.1, 0.15) is 0 Å². The largest absolute Gasteiger partial charge is 0.380 e. The van der Waals surface area contributed by atoms with E-state index < -0.39 is 0 Å². The van der Waals surface area contributed by atoms with E-state index in [1.54, 1.807) is 0 Å². The van der Waals surface area contributed by atoms with Gasteiger partial charge in [0.25, 0.3) is 0 Å². The Morgan fingerprint density at radius 3 is 2.67 bits per heavy atom. The highest BCUT2D eigenvalue weighted by molar-refractivity contribution is 9.12. The number of rotatable bonds is 5. The van der Waals surface area contributed by atoms with Crippen molar-refractivity contribution in [1.82, 2.24) is 0 Å². The zero-order valence-corrected chi connectivity index (χ0v) is 8.74. The van der Waals surface area contributed by atoms with E-state index in [2.05, 4.69) is 38.8 Å². The lowest BCUT2D eigenvalue weighted by molar-refractivity contribution is 0.140. The summed E-state index contributed by atoms with van der Waals surface area (Å²) in [6.45, 7) is 3.78. The SMILES string of the molecule is CCCOCC(Br)CBr. The minimum atomic E-state index is 0.462. The molecule has 3 heteroatoms. The van der Waals surface area contributed by atoms with E-state index in [9.17, 15) is 0 Å². The average Bonchev–Trinajstić information content (AvgIpc) is 1.89. The Hall–Kier alpha value is 0.920. The lowest BCUT2D eigenvalue weighted by Gasteiger charge is -2.04. The van der Waals surface area contributed by atoms with Crippen molar-refractivity contribution < 1.29 is 4.74 Å². The standard InChI is InChI=1S/C6H12Br2O/c1-2-3-9-5-6(8)4-7/h6H,2-5H2,1H3. The van der Waals surface area contributed by atoms with Gasteiger partial charge in [-0.15, -0.1) is 0 Å². The molecule has 0 radical (unpaired) electrons. The van der Waals surface area contributed by atoms with E-state index in [-0.39, 0.29) is 0 Å². The van der Waals surface area contributed by atoms with Gasteiger partial charge in [-0.25, -0.2) is 0 Å². The monoisotopic (exact) mass is 258 g/mol. The second kappa shape index (κ2) is 7.03. The third kappa shape index (κ3) is 6.81. The molecule has 0 bridgehead atoms. The first-order valence-corrected chi connectivity index (χ1v) is 5.12. The Balaban J connectivity index is 2.88. The van der Waals surface area contributed by atoms with Crippen molar-refractivity contribution in [2.24, 2.45) is 0 Å². The molecule has 1 atom stereocenters. The Bertz CT molecular complexity index is 59.0. The van der Waals surface area contributed by atoms with E-state index in [4.69, 9.17) is 4.74 Å². The molecule has 0 saturated heterocycles. The molecule has 0 aromatic carbocycles. The second-order valence-corrected chi connectivity index (χ2v) is 3.77. The van der Waals surface area contributed by atoms with Gasteiger partial charge in [0.05, 0.1) is 6.61 Å². The minimum Gasteiger partial charge on any atom is -0.380 e. The van der Waals surface area contributed by atoms with Gasteiger partial charge in [-0.2, -0.15) is 0 Å². The number of ether oxygens (including phenoxy) is 1. The van der Waals surface area contributed by atoms with Crippen molar-refractivity contribution in [2.75, 3.05) is 18.5 Å². The van der Waals surface area contributed by atoms with E-state index in [0.717, 1.165) is 25.0 Å². The van der Waals surface area contributed by atoms with Crippen LogP contribution in [0.15, 0.2) is 0 Å². The van der Waals surface area contributed by atoms with Crippen molar-refractivity contribution in [3.8, 4) is 0 Å². The molecule has 0 rings (SSSR count). The van der Waals surface area contributed by atoms with Crippen molar-refractivity contribution in [1.29, 1.82) is 0 Å². The molecule has 56 valence electrons. The molecule has 0 aliphatic heterocycles. The van der Waals surface area contributed by atoms with Crippen molar-refractivity contribution >= 4 is 31.9 Å². The van der Waals surface area contributed by atoms with E-state index >= 15 is 0 Å². The van der Waals surface area contributed by atoms with Crippen LogP contribution in [0, 0.1) is 0 Å². The van der Waals surface area contributed by atoms with E-state index in [0.29, 0.717) is 4.83 Å². The van der Waals surface area contributed by atoms with E-state index in [1.807, 2.05) is 0 Å². The average molecular weight is 260 g/mol. The maximum atomic E-state index is 5.26. The molecule has 0 aliphatic carbocycles. The first kappa shape index (κ1) is 9.92. The molecule has 0 fully saturated rings. The Kier molecular flexibility index (Phi) is 7.75. The van der Waals surface area contributed by atoms with Crippen LogP contribution in [0.25, 0.3) is 0 Å². The second-order valence-electron chi connectivity index (χ2n) is 1.83. The summed E-state index contributed by atoms with van der Waals surface area (Å²) in [4.78, 5) is 0.462. The molecule has 0 heterocycles. The molecular formula is C6H12Br2O. The molecule has 9 heavy (non-hydrogen) atoms. The Morgan fingerprint density at radius 2 is 2.22 bits per heavy atom. The predicted molar refractivity (Wildman–Crippen MR) is 47.6 cm³/mol. The van der Waals surface area contributed by atoms with Crippen LogP contribution in [0.3, 0.4) is 0 Å². The summed E-state index contributed by atoms with van der Waals surface area (Å²) in [7, 11) is 0. The summed E-state index contributed by atoms with van der Waals surface area (Å²) in [6, 6.07) is 0. The lowest BCUT2D eigenvalue weighted by Crippen LogP contribution is -2.09. The van der Waals surface area contributed by atoms with Crippen LogP contribution in [0.4, 0.5) is 0 Å². The number of hydrogen-bond donors (Lipinski definition) is 0. The fourth-order valence-electron chi connectivity index (χ4n) is 0.400. The number of alkyl halides is 2. The zero-order valence-electron chi connectivity index (χ0n) is 5.57. The summed E-state index contributed by atoms with van der Waals surface area (Å²) in [5.74, 6) is 0. The fourth-order valence-corrected chi connectivity index (χ4v) is 0.774. The van der Waals surface area contributed by atoms with Crippen LogP contribution in [-0.2, 0) is 4.74 Å². The highest BCUT2D eigenvalue weighted by Crippen LogP contribution is 2.03. The molecule has 1 nitrogen and oxygen atoms in total. The molecule has 0 aromatic rings. The molecular weight excluding hydrogens is 248 g/mol. The van der Waals surface area contributed by atoms with Crippen LogP contribution >= 0.6 is 31.9 Å². The minimum absolute atomic E-state index is 0.462. The summed E-state index contributed by atoms with van der Waals surface area (Å²) in [5.41, 5.74) is 0. The van der Waals surface area contributed by atoms with Crippen LogP contribution < -0.4 is 0 Å². The molecule has 0 spiro atoms.